The van der Waals surface area contributed by atoms with Crippen molar-refractivity contribution in [1.82, 2.24) is 0 Å². The van der Waals surface area contributed by atoms with Gasteiger partial charge in [-0.05, 0) is 31.6 Å². The molecule has 111 heavy (non-hydrogen) atoms. The average molecular weight is 1620 g/mol. The van der Waals surface area contributed by atoms with Crippen molar-refractivity contribution in [3.05, 3.63) is 0 Å². The standard InChI is InChI=1S/C92H180O17P2/c1-6-10-13-16-19-22-25-28-30-32-34-36-38-40-42-47-52-57-62-67-72-77-91(96)109-88(82-103-90(95)76-71-66-61-56-51-46-41-39-37-35-33-31-29-26-23-20-17-14-11-7-2)84-107-111(100,101)105-80-86(93)79-104-110(98,99)106-83-87(81-102-89(94)75-70-65-60-55-50-27-24-21-18-15-12-8-3)108-92(97)78-73-68-63-58-53-48-44-43-45-49-54-59-64-69-74-85(5)9-4/h85-88,93H,6-84H2,1-5H3,(H,98,99)(H,100,101)/t85?,86-,87+,88+/m0/s1. The number of carbonyl (C=O) groups excluding carboxylic acids is 4. The fraction of sp³-hybridized carbons (Fsp3) is 0.957. The SMILES string of the molecule is CCCCCCCCCCCCCCCCCCCCCCCC(=O)O[C@H](COC(=O)CCCCCCCCCCCCCCCCCCCCCC)COP(=O)(O)OC[C@@H](O)COP(=O)(O)OC[C@@H](COC(=O)CCCCCCCCCCCCCC)OC(=O)CCCCCCCCCCCCCCCCC(C)CC. The maximum Gasteiger partial charge on any atom is 0.472 e. The lowest BCUT2D eigenvalue weighted by atomic mass is 9.99. The number of rotatable bonds is 92. The highest BCUT2D eigenvalue weighted by atomic mass is 31.2. The molecule has 0 aliphatic carbocycles. The largest absolute Gasteiger partial charge is 0.472 e. The molecular weight excluding hydrogens is 1440 g/mol. The molecule has 0 aliphatic heterocycles. The van der Waals surface area contributed by atoms with E-state index in [1.165, 1.54) is 327 Å². The first-order chi connectivity index (χ1) is 54.1. The highest BCUT2D eigenvalue weighted by molar-refractivity contribution is 7.47. The Hall–Kier alpha value is -1.94. The number of esters is 4. The third-order valence-electron chi connectivity index (χ3n) is 22.1. The van der Waals surface area contributed by atoms with Gasteiger partial charge in [-0.15, -0.1) is 0 Å². The number of carbonyl (C=O) groups is 4. The van der Waals surface area contributed by atoms with Gasteiger partial charge < -0.3 is 33.8 Å². The molecule has 3 N–H and O–H groups in total. The summed E-state index contributed by atoms with van der Waals surface area (Å²) in [5.74, 6) is -1.25. The number of unbranched alkanes of at least 4 members (excludes halogenated alkanes) is 63. The van der Waals surface area contributed by atoms with Gasteiger partial charge in [0.2, 0.25) is 0 Å². The monoisotopic (exact) mass is 1620 g/mol. The van der Waals surface area contributed by atoms with E-state index in [1.807, 2.05) is 0 Å². The van der Waals surface area contributed by atoms with Gasteiger partial charge in [-0.3, -0.25) is 37.3 Å². The molecular formula is C92H180O17P2. The zero-order valence-corrected chi connectivity index (χ0v) is 74.9. The van der Waals surface area contributed by atoms with Gasteiger partial charge in [-0.1, -0.05) is 452 Å². The van der Waals surface area contributed by atoms with Gasteiger partial charge in [0.15, 0.2) is 12.2 Å². The molecule has 6 atom stereocenters. The molecule has 0 saturated carbocycles. The molecule has 0 rings (SSSR count). The summed E-state index contributed by atoms with van der Waals surface area (Å²) in [4.78, 5) is 73.5. The van der Waals surface area contributed by atoms with E-state index in [1.54, 1.807) is 0 Å². The van der Waals surface area contributed by atoms with Gasteiger partial charge in [0, 0.05) is 25.7 Å². The molecule has 0 saturated heterocycles. The second kappa shape index (κ2) is 84.5. The topological polar surface area (TPSA) is 237 Å². The summed E-state index contributed by atoms with van der Waals surface area (Å²) in [5.41, 5.74) is 0. The zero-order valence-electron chi connectivity index (χ0n) is 73.1. The highest BCUT2D eigenvalue weighted by Gasteiger charge is 2.31. The number of ether oxygens (including phenoxy) is 4. The van der Waals surface area contributed by atoms with E-state index >= 15 is 0 Å². The molecule has 0 heterocycles. The van der Waals surface area contributed by atoms with Crippen LogP contribution in [0.25, 0.3) is 0 Å². The third-order valence-corrected chi connectivity index (χ3v) is 24.0. The molecule has 0 aromatic heterocycles. The van der Waals surface area contributed by atoms with E-state index in [0.717, 1.165) is 95.8 Å². The van der Waals surface area contributed by atoms with E-state index < -0.39 is 97.5 Å². The first-order valence-electron chi connectivity index (χ1n) is 47.7. The predicted molar refractivity (Wildman–Crippen MR) is 460 cm³/mol. The molecule has 3 unspecified atom stereocenters. The van der Waals surface area contributed by atoms with Gasteiger partial charge >= 0.3 is 39.5 Å². The third kappa shape index (κ3) is 84.3. The molecule has 0 aromatic rings. The Morgan fingerprint density at radius 2 is 0.432 bits per heavy atom. The van der Waals surface area contributed by atoms with Crippen LogP contribution in [0.4, 0.5) is 0 Å². The first-order valence-corrected chi connectivity index (χ1v) is 50.7. The highest BCUT2D eigenvalue weighted by Crippen LogP contribution is 2.45. The Balaban J connectivity index is 5.25. The van der Waals surface area contributed by atoms with E-state index in [4.69, 9.17) is 37.0 Å². The lowest BCUT2D eigenvalue weighted by molar-refractivity contribution is -0.161. The molecule has 0 fully saturated rings. The van der Waals surface area contributed by atoms with Crippen molar-refractivity contribution >= 4 is 39.5 Å². The summed E-state index contributed by atoms with van der Waals surface area (Å²) in [6, 6.07) is 0. The second-order valence-corrected chi connectivity index (χ2v) is 36.2. The van der Waals surface area contributed by atoms with Crippen LogP contribution in [0.3, 0.4) is 0 Å². The van der Waals surface area contributed by atoms with Crippen LogP contribution in [-0.2, 0) is 65.4 Å². The fourth-order valence-corrected chi connectivity index (χ4v) is 16.1. The van der Waals surface area contributed by atoms with Crippen LogP contribution >= 0.6 is 15.6 Å². The Kier molecular flexibility index (Phi) is 83.0. The lowest BCUT2D eigenvalue weighted by Crippen LogP contribution is -2.30. The minimum atomic E-state index is -4.97. The molecule has 0 amide bonds. The van der Waals surface area contributed by atoms with Crippen LogP contribution in [0, 0.1) is 5.92 Å². The van der Waals surface area contributed by atoms with Crippen LogP contribution < -0.4 is 0 Å². The van der Waals surface area contributed by atoms with Gasteiger partial charge in [0.05, 0.1) is 26.4 Å². The van der Waals surface area contributed by atoms with Gasteiger partial charge in [-0.2, -0.15) is 0 Å². The van der Waals surface area contributed by atoms with Crippen molar-refractivity contribution in [2.75, 3.05) is 39.6 Å². The Bertz CT molecular complexity index is 2100. The molecule has 0 spiro atoms. The summed E-state index contributed by atoms with van der Waals surface area (Å²) >= 11 is 0. The summed E-state index contributed by atoms with van der Waals surface area (Å²) in [7, 11) is -9.94. The van der Waals surface area contributed by atoms with Crippen molar-refractivity contribution < 1.29 is 80.2 Å². The van der Waals surface area contributed by atoms with Crippen LogP contribution in [0.1, 0.15) is 503 Å². The van der Waals surface area contributed by atoms with Crippen molar-refractivity contribution in [1.29, 1.82) is 0 Å². The number of hydrogen-bond donors (Lipinski definition) is 3. The molecule has 0 bridgehead atoms. The second-order valence-electron chi connectivity index (χ2n) is 33.3. The number of phosphoric ester groups is 2. The van der Waals surface area contributed by atoms with E-state index in [2.05, 4.69) is 34.6 Å². The number of phosphoric acid groups is 2. The predicted octanol–water partition coefficient (Wildman–Crippen LogP) is 28.7. The lowest BCUT2D eigenvalue weighted by Gasteiger charge is -2.21. The molecule has 0 radical (unpaired) electrons. The van der Waals surface area contributed by atoms with Crippen LogP contribution in [0.2, 0.25) is 0 Å². The van der Waals surface area contributed by atoms with Crippen molar-refractivity contribution in [2.24, 2.45) is 5.92 Å². The number of aliphatic hydroxyl groups excluding tert-OH is 1. The Morgan fingerprint density at radius 1 is 0.252 bits per heavy atom. The average Bonchev–Trinajstić information content (AvgIpc) is 0.901. The normalized spacial score (nSPS) is 13.9. The number of aliphatic hydroxyl groups is 1. The molecule has 660 valence electrons. The smallest absolute Gasteiger partial charge is 0.462 e. The van der Waals surface area contributed by atoms with Crippen LogP contribution in [-0.4, -0.2) is 96.7 Å². The van der Waals surface area contributed by atoms with Crippen molar-refractivity contribution in [3.63, 3.8) is 0 Å². The van der Waals surface area contributed by atoms with Crippen LogP contribution in [0.5, 0.6) is 0 Å². The summed E-state index contributed by atoms with van der Waals surface area (Å²) in [5, 5.41) is 10.7. The zero-order chi connectivity index (χ0) is 81.1. The van der Waals surface area contributed by atoms with E-state index in [0.29, 0.717) is 25.7 Å². The maximum atomic E-state index is 13.2. The molecule has 0 aliphatic rings. The molecule has 19 heteroatoms. The summed E-state index contributed by atoms with van der Waals surface area (Å²) in [6.45, 7) is 7.46. The van der Waals surface area contributed by atoms with Crippen LogP contribution in [0.15, 0.2) is 0 Å². The van der Waals surface area contributed by atoms with Crippen molar-refractivity contribution in [2.45, 2.75) is 522 Å². The minimum Gasteiger partial charge on any atom is -0.462 e. The fourth-order valence-electron chi connectivity index (χ4n) is 14.5. The maximum absolute atomic E-state index is 13.2. The summed E-state index contributed by atoms with van der Waals surface area (Å²) < 4.78 is 69.1. The first kappa shape index (κ1) is 109. The molecule has 17 nitrogen and oxygen atoms in total. The Labute approximate surface area is 683 Å². The molecule has 0 aromatic carbocycles. The number of hydrogen-bond acceptors (Lipinski definition) is 15. The van der Waals surface area contributed by atoms with E-state index in [9.17, 15) is 43.2 Å². The quantitative estimate of drug-likeness (QED) is 0.0222. The Morgan fingerprint density at radius 3 is 0.640 bits per heavy atom. The van der Waals surface area contributed by atoms with Gasteiger partial charge in [0.1, 0.15) is 19.3 Å². The van der Waals surface area contributed by atoms with Crippen molar-refractivity contribution in [3.8, 4) is 0 Å². The summed E-state index contributed by atoms with van der Waals surface area (Å²) in [6.07, 6.45) is 80.5. The van der Waals surface area contributed by atoms with E-state index in [-0.39, 0.29) is 25.7 Å². The minimum absolute atomic E-state index is 0.109. The van der Waals surface area contributed by atoms with Gasteiger partial charge in [-0.25, -0.2) is 9.13 Å². The van der Waals surface area contributed by atoms with Gasteiger partial charge in [0.25, 0.3) is 0 Å².